The third kappa shape index (κ3) is 2.14. The Bertz CT molecular complexity index is 101. The predicted molar refractivity (Wildman–Crippen MR) is 42.8 cm³/mol. The molecule has 0 aromatic heterocycles. The predicted octanol–water partition coefficient (Wildman–Crippen LogP) is 2.11. The molecule has 0 bridgehead atoms. The van der Waals surface area contributed by atoms with Crippen molar-refractivity contribution in [2.24, 2.45) is 5.92 Å². The highest BCUT2D eigenvalue weighted by Gasteiger charge is 2.17. The molecule has 1 nitrogen and oxygen atoms in total. The topological polar surface area (TPSA) is 20.2 Å². The summed E-state index contributed by atoms with van der Waals surface area (Å²) in [6.07, 6.45) is 7.48. The van der Waals surface area contributed by atoms with E-state index in [9.17, 15) is 0 Å². The van der Waals surface area contributed by atoms with Crippen molar-refractivity contribution in [1.29, 1.82) is 0 Å². The molecule has 0 amide bonds. The Morgan fingerprint density at radius 2 is 1.90 bits per heavy atom. The first kappa shape index (κ1) is 7.80. The lowest BCUT2D eigenvalue weighted by Crippen LogP contribution is -2.17. The van der Waals surface area contributed by atoms with Crippen molar-refractivity contribution in [1.82, 2.24) is 0 Å². The highest BCUT2D eigenvalue weighted by molar-refractivity contribution is 4.78. The summed E-state index contributed by atoms with van der Waals surface area (Å²) in [6.45, 7) is 3.71. The van der Waals surface area contributed by atoms with Crippen LogP contribution < -0.4 is 0 Å². The van der Waals surface area contributed by atoms with Gasteiger partial charge in [-0.15, -0.1) is 6.58 Å². The summed E-state index contributed by atoms with van der Waals surface area (Å²) in [5.41, 5.74) is 0. The second-order valence-corrected chi connectivity index (χ2v) is 3.20. The summed E-state index contributed by atoms with van der Waals surface area (Å²) in [4.78, 5) is 0. The van der Waals surface area contributed by atoms with Gasteiger partial charge in [0.2, 0.25) is 0 Å². The Morgan fingerprint density at radius 1 is 1.30 bits per heavy atom. The molecule has 0 unspecified atom stereocenters. The minimum Gasteiger partial charge on any atom is -0.393 e. The lowest BCUT2D eigenvalue weighted by molar-refractivity contribution is 0.109. The van der Waals surface area contributed by atoms with Gasteiger partial charge in [-0.05, 0) is 38.0 Å². The fourth-order valence-electron chi connectivity index (χ4n) is 1.62. The van der Waals surface area contributed by atoms with Crippen LogP contribution in [0, 0.1) is 5.92 Å². The number of allylic oxidation sites excluding steroid dienone is 1. The average molecular weight is 140 g/mol. The molecule has 1 aliphatic rings. The van der Waals surface area contributed by atoms with E-state index in [2.05, 4.69) is 6.58 Å². The molecule has 0 atom stereocenters. The van der Waals surface area contributed by atoms with Crippen LogP contribution >= 0.6 is 0 Å². The van der Waals surface area contributed by atoms with Crippen molar-refractivity contribution in [2.45, 2.75) is 38.2 Å². The van der Waals surface area contributed by atoms with E-state index in [1.165, 1.54) is 12.8 Å². The van der Waals surface area contributed by atoms with E-state index in [0.29, 0.717) is 0 Å². The maximum absolute atomic E-state index is 9.17. The van der Waals surface area contributed by atoms with Crippen molar-refractivity contribution < 1.29 is 5.11 Å². The SMILES string of the molecule is C=CC[C@H]1CC[C@H](O)CC1. The zero-order valence-electron chi connectivity index (χ0n) is 6.42. The fraction of sp³-hybridized carbons (Fsp3) is 0.778. The lowest BCUT2D eigenvalue weighted by atomic mass is 9.85. The van der Waals surface area contributed by atoms with Gasteiger partial charge in [-0.3, -0.25) is 0 Å². The molecule has 1 saturated carbocycles. The molecule has 0 heterocycles. The van der Waals surface area contributed by atoms with Gasteiger partial charge >= 0.3 is 0 Å². The Labute approximate surface area is 62.8 Å². The summed E-state index contributed by atoms with van der Waals surface area (Å²) in [5, 5.41) is 9.17. The minimum atomic E-state index is -0.0129. The van der Waals surface area contributed by atoms with Gasteiger partial charge in [0.1, 0.15) is 0 Å². The van der Waals surface area contributed by atoms with Crippen molar-refractivity contribution >= 4 is 0 Å². The van der Waals surface area contributed by atoms with E-state index in [-0.39, 0.29) is 6.10 Å². The molecule has 1 N–H and O–H groups in total. The number of hydrogen-bond acceptors (Lipinski definition) is 1. The summed E-state index contributed by atoms with van der Waals surface area (Å²) < 4.78 is 0. The molecule has 0 radical (unpaired) electrons. The second-order valence-electron chi connectivity index (χ2n) is 3.20. The van der Waals surface area contributed by atoms with Crippen molar-refractivity contribution in [3.8, 4) is 0 Å². The summed E-state index contributed by atoms with van der Waals surface area (Å²) in [6, 6.07) is 0. The molecule has 0 saturated heterocycles. The van der Waals surface area contributed by atoms with Crippen molar-refractivity contribution in [2.75, 3.05) is 0 Å². The highest BCUT2D eigenvalue weighted by Crippen LogP contribution is 2.26. The van der Waals surface area contributed by atoms with Gasteiger partial charge in [-0.25, -0.2) is 0 Å². The van der Waals surface area contributed by atoms with Gasteiger partial charge in [0, 0.05) is 0 Å². The molecule has 0 aromatic carbocycles. The molecule has 1 fully saturated rings. The second kappa shape index (κ2) is 3.77. The number of aliphatic hydroxyl groups is 1. The highest BCUT2D eigenvalue weighted by atomic mass is 16.3. The maximum atomic E-state index is 9.17. The Balaban J connectivity index is 2.19. The molecular weight excluding hydrogens is 124 g/mol. The van der Waals surface area contributed by atoms with Crippen LogP contribution in [0.5, 0.6) is 0 Å². The Hall–Kier alpha value is -0.300. The molecule has 10 heavy (non-hydrogen) atoms. The van der Waals surface area contributed by atoms with Crippen LogP contribution in [-0.4, -0.2) is 11.2 Å². The molecule has 1 heteroatoms. The van der Waals surface area contributed by atoms with E-state index in [0.717, 1.165) is 25.2 Å². The smallest absolute Gasteiger partial charge is 0.0540 e. The quantitative estimate of drug-likeness (QED) is 0.582. The molecule has 0 spiro atoms. The molecule has 0 aromatic rings. The standard InChI is InChI=1S/C9H16O/c1-2-3-8-4-6-9(10)7-5-8/h2,8-10H,1,3-7H2/t8-,9-. The van der Waals surface area contributed by atoms with Crippen LogP contribution in [0.2, 0.25) is 0 Å². The first-order chi connectivity index (χ1) is 4.83. The molecule has 58 valence electrons. The molecule has 1 aliphatic carbocycles. The van der Waals surface area contributed by atoms with E-state index in [4.69, 9.17) is 5.11 Å². The van der Waals surface area contributed by atoms with Gasteiger partial charge in [-0.2, -0.15) is 0 Å². The summed E-state index contributed by atoms with van der Waals surface area (Å²) in [7, 11) is 0. The van der Waals surface area contributed by atoms with Crippen LogP contribution in [0.25, 0.3) is 0 Å². The van der Waals surface area contributed by atoms with Crippen LogP contribution in [0.3, 0.4) is 0 Å². The first-order valence-electron chi connectivity index (χ1n) is 4.12. The zero-order chi connectivity index (χ0) is 7.40. The van der Waals surface area contributed by atoms with E-state index < -0.39 is 0 Å². The van der Waals surface area contributed by atoms with Crippen molar-refractivity contribution in [3.05, 3.63) is 12.7 Å². The number of rotatable bonds is 2. The summed E-state index contributed by atoms with van der Waals surface area (Å²) >= 11 is 0. The van der Waals surface area contributed by atoms with Gasteiger partial charge in [0.15, 0.2) is 0 Å². The first-order valence-corrected chi connectivity index (χ1v) is 4.12. The van der Waals surface area contributed by atoms with E-state index in [1.807, 2.05) is 6.08 Å². The number of aliphatic hydroxyl groups excluding tert-OH is 1. The van der Waals surface area contributed by atoms with Gasteiger partial charge in [-0.1, -0.05) is 6.08 Å². The van der Waals surface area contributed by atoms with Gasteiger partial charge in [0.25, 0.3) is 0 Å². The normalized spacial score (nSPS) is 33.7. The van der Waals surface area contributed by atoms with Crippen LogP contribution in [-0.2, 0) is 0 Å². The molecule has 0 aliphatic heterocycles. The van der Waals surface area contributed by atoms with Crippen LogP contribution in [0.4, 0.5) is 0 Å². The monoisotopic (exact) mass is 140 g/mol. The molecule has 1 rings (SSSR count). The van der Waals surface area contributed by atoms with Crippen LogP contribution in [0.1, 0.15) is 32.1 Å². The van der Waals surface area contributed by atoms with Gasteiger partial charge in [0.05, 0.1) is 6.10 Å². The number of hydrogen-bond donors (Lipinski definition) is 1. The lowest BCUT2D eigenvalue weighted by Gasteiger charge is -2.23. The van der Waals surface area contributed by atoms with Crippen molar-refractivity contribution in [3.63, 3.8) is 0 Å². The third-order valence-electron chi connectivity index (χ3n) is 2.32. The fourth-order valence-corrected chi connectivity index (χ4v) is 1.62. The Morgan fingerprint density at radius 3 is 2.40 bits per heavy atom. The maximum Gasteiger partial charge on any atom is 0.0540 e. The summed E-state index contributed by atoms with van der Waals surface area (Å²) in [5.74, 6) is 0.806. The van der Waals surface area contributed by atoms with E-state index >= 15 is 0 Å². The average Bonchev–Trinajstić information content (AvgIpc) is 1.95. The minimum absolute atomic E-state index is 0.0129. The van der Waals surface area contributed by atoms with E-state index in [1.54, 1.807) is 0 Å². The molecular formula is C9H16O. The zero-order valence-corrected chi connectivity index (χ0v) is 6.42. The Kier molecular flexibility index (Phi) is 2.94. The third-order valence-corrected chi connectivity index (χ3v) is 2.32. The van der Waals surface area contributed by atoms with Crippen LogP contribution in [0.15, 0.2) is 12.7 Å². The largest absolute Gasteiger partial charge is 0.393 e. The van der Waals surface area contributed by atoms with Gasteiger partial charge < -0.3 is 5.11 Å².